The van der Waals surface area contributed by atoms with E-state index in [1.165, 1.54) is 0 Å². The van der Waals surface area contributed by atoms with Crippen LogP contribution in [0.4, 0.5) is 0 Å². The van der Waals surface area contributed by atoms with Crippen LogP contribution in [0, 0.1) is 6.92 Å². The third kappa shape index (κ3) is 3.42. The summed E-state index contributed by atoms with van der Waals surface area (Å²) in [4.78, 5) is 17.1. The number of aryl methyl sites for hydroxylation is 1. The van der Waals surface area contributed by atoms with E-state index in [4.69, 9.17) is 4.42 Å². The SMILES string of the molecule is Cc1ncc(CNC(C)C)c2cc(C(=O)c3ccc(Br)cc3)oc12. The Morgan fingerprint density at radius 3 is 2.67 bits per heavy atom. The lowest BCUT2D eigenvalue weighted by atomic mass is 10.1. The Bertz CT molecular complexity index is 882. The second-order valence-electron chi connectivity index (χ2n) is 6.09. The van der Waals surface area contributed by atoms with Gasteiger partial charge in [0.05, 0.1) is 5.69 Å². The van der Waals surface area contributed by atoms with Crippen molar-refractivity contribution in [1.82, 2.24) is 10.3 Å². The summed E-state index contributed by atoms with van der Waals surface area (Å²) in [5.74, 6) is 0.218. The standard InChI is InChI=1S/C19H19BrN2O2/c1-11(2)21-9-14-10-22-12(3)19-16(14)8-17(24-19)18(23)13-4-6-15(20)7-5-13/h4-8,10-11,21H,9H2,1-3H3. The molecule has 1 aromatic carbocycles. The highest BCUT2D eigenvalue weighted by Gasteiger charge is 2.18. The molecule has 0 bridgehead atoms. The van der Waals surface area contributed by atoms with Crippen molar-refractivity contribution in [1.29, 1.82) is 0 Å². The second kappa shape index (κ2) is 6.87. The number of carbonyl (C=O) groups excluding carboxylic acids is 1. The zero-order chi connectivity index (χ0) is 17.3. The summed E-state index contributed by atoms with van der Waals surface area (Å²) < 4.78 is 6.78. The zero-order valence-electron chi connectivity index (χ0n) is 13.9. The minimum Gasteiger partial charge on any atom is -0.451 e. The molecule has 4 nitrogen and oxygen atoms in total. The van der Waals surface area contributed by atoms with Crippen LogP contribution in [0.2, 0.25) is 0 Å². The molecule has 0 radical (unpaired) electrons. The van der Waals surface area contributed by atoms with Gasteiger partial charge in [-0.2, -0.15) is 0 Å². The molecule has 0 fully saturated rings. The van der Waals surface area contributed by atoms with Crippen molar-refractivity contribution >= 4 is 32.7 Å². The van der Waals surface area contributed by atoms with E-state index in [-0.39, 0.29) is 5.78 Å². The first kappa shape index (κ1) is 16.9. The average molecular weight is 387 g/mol. The highest BCUT2D eigenvalue weighted by Crippen LogP contribution is 2.27. The maximum atomic E-state index is 12.7. The van der Waals surface area contributed by atoms with E-state index in [1.54, 1.807) is 12.1 Å². The first-order valence-electron chi connectivity index (χ1n) is 7.87. The zero-order valence-corrected chi connectivity index (χ0v) is 15.5. The van der Waals surface area contributed by atoms with Crippen LogP contribution in [0.15, 0.2) is 45.4 Å². The van der Waals surface area contributed by atoms with Gasteiger partial charge < -0.3 is 9.73 Å². The Labute approximate surface area is 149 Å². The average Bonchev–Trinajstić information content (AvgIpc) is 3.00. The Hall–Kier alpha value is -1.98. The number of nitrogens with zero attached hydrogens (tertiary/aromatic N) is 1. The van der Waals surface area contributed by atoms with Gasteiger partial charge in [-0.05, 0) is 42.8 Å². The minimum atomic E-state index is -0.124. The van der Waals surface area contributed by atoms with Gasteiger partial charge in [0.2, 0.25) is 5.78 Å². The molecule has 0 aliphatic rings. The summed E-state index contributed by atoms with van der Waals surface area (Å²) in [7, 11) is 0. The lowest BCUT2D eigenvalue weighted by Gasteiger charge is -2.08. The largest absolute Gasteiger partial charge is 0.451 e. The molecule has 3 aromatic rings. The summed E-state index contributed by atoms with van der Waals surface area (Å²) in [6, 6.07) is 9.46. The number of benzene rings is 1. The van der Waals surface area contributed by atoms with Crippen molar-refractivity contribution < 1.29 is 9.21 Å². The van der Waals surface area contributed by atoms with Gasteiger partial charge in [-0.1, -0.05) is 29.8 Å². The van der Waals surface area contributed by atoms with Crippen LogP contribution in [0.5, 0.6) is 0 Å². The molecule has 0 saturated carbocycles. The summed E-state index contributed by atoms with van der Waals surface area (Å²) in [6.45, 7) is 6.76. The second-order valence-corrected chi connectivity index (χ2v) is 7.01. The monoisotopic (exact) mass is 386 g/mol. The van der Waals surface area contributed by atoms with Gasteiger partial charge in [-0.25, -0.2) is 0 Å². The quantitative estimate of drug-likeness (QED) is 0.649. The number of ketones is 1. The number of pyridine rings is 1. The highest BCUT2D eigenvalue weighted by molar-refractivity contribution is 9.10. The van der Waals surface area contributed by atoms with Gasteiger partial charge in [-0.15, -0.1) is 0 Å². The van der Waals surface area contributed by atoms with Crippen molar-refractivity contribution in [2.24, 2.45) is 0 Å². The molecule has 0 saturated heterocycles. The number of carbonyl (C=O) groups is 1. The molecule has 0 spiro atoms. The van der Waals surface area contributed by atoms with Crippen LogP contribution in [-0.4, -0.2) is 16.8 Å². The van der Waals surface area contributed by atoms with E-state index in [1.807, 2.05) is 31.3 Å². The molecule has 24 heavy (non-hydrogen) atoms. The smallest absolute Gasteiger partial charge is 0.228 e. The molecule has 1 N–H and O–H groups in total. The fourth-order valence-corrected chi connectivity index (χ4v) is 2.78. The summed E-state index contributed by atoms with van der Waals surface area (Å²) >= 11 is 3.38. The van der Waals surface area contributed by atoms with E-state index in [2.05, 4.69) is 40.1 Å². The van der Waals surface area contributed by atoms with Crippen LogP contribution in [0.1, 0.15) is 41.2 Å². The van der Waals surface area contributed by atoms with Crippen LogP contribution in [0.25, 0.3) is 11.0 Å². The summed E-state index contributed by atoms with van der Waals surface area (Å²) in [5, 5.41) is 4.32. The summed E-state index contributed by atoms with van der Waals surface area (Å²) in [6.07, 6.45) is 1.84. The van der Waals surface area contributed by atoms with Crippen molar-refractivity contribution in [3.63, 3.8) is 0 Å². The normalized spacial score (nSPS) is 11.4. The number of hydrogen-bond donors (Lipinski definition) is 1. The fourth-order valence-electron chi connectivity index (χ4n) is 2.51. The molecule has 3 rings (SSSR count). The van der Waals surface area contributed by atoms with Gasteiger partial charge in [0, 0.05) is 34.2 Å². The molecule has 5 heteroatoms. The van der Waals surface area contributed by atoms with Crippen LogP contribution in [0.3, 0.4) is 0 Å². The number of aromatic nitrogens is 1. The molecule has 0 aliphatic carbocycles. The molecule has 2 heterocycles. The molecule has 2 aromatic heterocycles. The third-order valence-corrected chi connectivity index (χ3v) is 4.38. The van der Waals surface area contributed by atoms with Crippen molar-refractivity contribution in [2.45, 2.75) is 33.4 Å². The molecular weight excluding hydrogens is 368 g/mol. The first-order chi connectivity index (χ1) is 11.5. The van der Waals surface area contributed by atoms with Gasteiger partial charge in [-0.3, -0.25) is 9.78 Å². The van der Waals surface area contributed by atoms with Crippen LogP contribution < -0.4 is 5.32 Å². The maximum Gasteiger partial charge on any atom is 0.228 e. The van der Waals surface area contributed by atoms with Crippen molar-refractivity contribution in [3.05, 3.63) is 63.6 Å². The number of halogens is 1. The molecule has 0 amide bonds. The van der Waals surface area contributed by atoms with E-state index in [0.29, 0.717) is 29.5 Å². The van der Waals surface area contributed by atoms with E-state index in [9.17, 15) is 4.79 Å². The lowest BCUT2D eigenvalue weighted by molar-refractivity contribution is 0.101. The predicted molar refractivity (Wildman–Crippen MR) is 98.3 cm³/mol. The van der Waals surface area contributed by atoms with Gasteiger partial charge in [0.15, 0.2) is 11.3 Å². The number of rotatable bonds is 5. The van der Waals surface area contributed by atoms with Crippen LogP contribution in [-0.2, 0) is 6.54 Å². The predicted octanol–water partition coefficient (Wildman–Crippen LogP) is 4.63. The van der Waals surface area contributed by atoms with E-state index < -0.39 is 0 Å². The Morgan fingerprint density at radius 1 is 1.29 bits per heavy atom. The van der Waals surface area contributed by atoms with Gasteiger partial charge >= 0.3 is 0 Å². The van der Waals surface area contributed by atoms with E-state index in [0.717, 1.165) is 21.1 Å². The molecule has 0 unspecified atom stereocenters. The third-order valence-electron chi connectivity index (χ3n) is 3.85. The molecule has 124 valence electrons. The van der Waals surface area contributed by atoms with E-state index >= 15 is 0 Å². The fraction of sp³-hybridized carbons (Fsp3) is 0.263. The topological polar surface area (TPSA) is 55.1 Å². The molecule has 0 atom stereocenters. The number of furan rings is 1. The number of hydrogen-bond acceptors (Lipinski definition) is 4. The number of fused-ring (bicyclic) bond motifs is 1. The minimum absolute atomic E-state index is 0.124. The Kier molecular flexibility index (Phi) is 4.83. The molecule has 0 aliphatic heterocycles. The molecular formula is C19H19BrN2O2. The Balaban J connectivity index is 2.00. The number of nitrogens with one attached hydrogen (secondary N) is 1. The van der Waals surface area contributed by atoms with Crippen molar-refractivity contribution in [2.75, 3.05) is 0 Å². The van der Waals surface area contributed by atoms with Crippen molar-refractivity contribution in [3.8, 4) is 0 Å². The van der Waals surface area contributed by atoms with Crippen LogP contribution >= 0.6 is 15.9 Å². The Morgan fingerprint density at radius 2 is 2.00 bits per heavy atom. The van der Waals surface area contributed by atoms with Gasteiger partial charge in [0.25, 0.3) is 0 Å². The summed E-state index contributed by atoms with van der Waals surface area (Å²) in [5.41, 5.74) is 3.10. The maximum absolute atomic E-state index is 12.7. The van der Waals surface area contributed by atoms with Gasteiger partial charge in [0.1, 0.15) is 0 Å². The lowest BCUT2D eigenvalue weighted by Crippen LogP contribution is -2.22. The first-order valence-corrected chi connectivity index (χ1v) is 8.66. The highest BCUT2D eigenvalue weighted by atomic mass is 79.9.